The van der Waals surface area contributed by atoms with Crippen LogP contribution in [0.5, 0.6) is 11.5 Å². The molecule has 9 heteroatoms. The Kier molecular flexibility index (Phi) is 5.84. The molecule has 0 radical (unpaired) electrons. The molecule has 2 heterocycles. The zero-order valence-corrected chi connectivity index (χ0v) is 16.2. The van der Waals surface area contributed by atoms with Crippen LogP contribution in [0.15, 0.2) is 33.9 Å². The van der Waals surface area contributed by atoms with Crippen molar-refractivity contribution in [3.8, 4) is 11.5 Å². The minimum Gasteiger partial charge on any atom is -0.486 e. The standard InChI is InChI=1S/C19H24N4O5/c1-4-23(11-14-10-18(25)22(3)19(26)21(14)2)12-17(24)20-13-5-6-15-16(9-13)28-8-7-27-15/h5-6,9-10H,4,7-8,11-12H2,1-3H3,(H,20,24). The number of rotatable bonds is 6. The Morgan fingerprint density at radius 3 is 2.54 bits per heavy atom. The van der Waals surface area contributed by atoms with E-state index in [1.54, 1.807) is 25.2 Å². The van der Waals surface area contributed by atoms with Gasteiger partial charge in [0.1, 0.15) is 13.2 Å². The molecule has 0 fully saturated rings. The van der Waals surface area contributed by atoms with Gasteiger partial charge in [-0.15, -0.1) is 0 Å². The molecule has 1 aliphatic heterocycles. The van der Waals surface area contributed by atoms with Gasteiger partial charge in [-0.25, -0.2) is 4.79 Å². The molecular weight excluding hydrogens is 364 g/mol. The van der Waals surface area contributed by atoms with Gasteiger partial charge in [0.05, 0.1) is 6.54 Å². The van der Waals surface area contributed by atoms with E-state index in [2.05, 4.69) is 5.32 Å². The number of fused-ring (bicyclic) bond motifs is 1. The van der Waals surface area contributed by atoms with Gasteiger partial charge < -0.3 is 14.8 Å². The van der Waals surface area contributed by atoms with Crippen molar-refractivity contribution in [3.63, 3.8) is 0 Å². The van der Waals surface area contributed by atoms with E-state index in [1.807, 2.05) is 11.8 Å². The Hall–Kier alpha value is -3.07. The van der Waals surface area contributed by atoms with Crippen LogP contribution in [0.25, 0.3) is 0 Å². The van der Waals surface area contributed by atoms with Gasteiger partial charge >= 0.3 is 5.69 Å². The summed E-state index contributed by atoms with van der Waals surface area (Å²) in [6, 6.07) is 6.67. The largest absolute Gasteiger partial charge is 0.486 e. The fourth-order valence-corrected chi connectivity index (χ4v) is 2.96. The first kappa shape index (κ1) is 19.7. The van der Waals surface area contributed by atoms with Gasteiger partial charge in [0.25, 0.3) is 5.56 Å². The summed E-state index contributed by atoms with van der Waals surface area (Å²) >= 11 is 0. The number of carbonyl (C=O) groups is 1. The fraction of sp³-hybridized carbons (Fsp3) is 0.421. The molecule has 2 aromatic rings. The van der Waals surface area contributed by atoms with Crippen LogP contribution >= 0.6 is 0 Å². The van der Waals surface area contributed by atoms with Crippen molar-refractivity contribution in [1.29, 1.82) is 0 Å². The molecule has 0 unspecified atom stereocenters. The summed E-state index contributed by atoms with van der Waals surface area (Å²) in [5.41, 5.74) is 0.419. The van der Waals surface area contributed by atoms with E-state index in [9.17, 15) is 14.4 Å². The predicted molar refractivity (Wildman–Crippen MR) is 104 cm³/mol. The molecule has 1 aliphatic rings. The molecule has 0 bridgehead atoms. The Balaban J connectivity index is 1.67. The Bertz CT molecular complexity index is 995. The minimum absolute atomic E-state index is 0.119. The highest BCUT2D eigenvalue weighted by atomic mass is 16.6. The Labute approximate surface area is 162 Å². The highest BCUT2D eigenvalue weighted by Gasteiger charge is 2.16. The second-order valence-electron chi connectivity index (χ2n) is 6.58. The number of anilines is 1. The number of benzene rings is 1. The normalized spacial score (nSPS) is 12.9. The van der Waals surface area contributed by atoms with Crippen LogP contribution in [-0.4, -0.2) is 46.2 Å². The van der Waals surface area contributed by atoms with Gasteiger partial charge in [0, 0.05) is 44.2 Å². The molecule has 150 valence electrons. The minimum atomic E-state index is -0.390. The quantitative estimate of drug-likeness (QED) is 0.766. The van der Waals surface area contributed by atoms with Crippen molar-refractivity contribution in [3.05, 3.63) is 50.8 Å². The molecule has 1 N–H and O–H groups in total. The number of hydrogen-bond donors (Lipinski definition) is 1. The lowest BCUT2D eigenvalue weighted by molar-refractivity contribution is -0.117. The maximum atomic E-state index is 12.5. The molecular formula is C19H24N4O5. The second kappa shape index (κ2) is 8.30. The zero-order valence-electron chi connectivity index (χ0n) is 16.2. The summed E-state index contributed by atoms with van der Waals surface area (Å²) in [4.78, 5) is 38.3. The maximum Gasteiger partial charge on any atom is 0.330 e. The first-order valence-corrected chi connectivity index (χ1v) is 9.07. The summed E-state index contributed by atoms with van der Waals surface area (Å²) in [5.74, 6) is 1.06. The van der Waals surface area contributed by atoms with Crippen molar-refractivity contribution in [2.75, 3.05) is 31.6 Å². The van der Waals surface area contributed by atoms with Crippen LogP contribution < -0.4 is 26.0 Å². The molecule has 28 heavy (non-hydrogen) atoms. The van der Waals surface area contributed by atoms with E-state index >= 15 is 0 Å². The topological polar surface area (TPSA) is 94.8 Å². The van der Waals surface area contributed by atoms with Crippen LogP contribution in [0.1, 0.15) is 12.6 Å². The van der Waals surface area contributed by atoms with Gasteiger partial charge in [-0.2, -0.15) is 0 Å². The van der Waals surface area contributed by atoms with Crippen molar-refractivity contribution >= 4 is 11.6 Å². The van der Waals surface area contributed by atoms with Crippen LogP contribution in [0.2, 0.25) is 0 Å². The average Bonchev–Trinajstić information content (AvgIpc) is 2.69. The smallest absolute Gasteiger partial charge is 0.330 e. The molecule has 0 aliphatic carbocycles. The monoisotopic (exact) mass is 388 g/mol. The number of ether oxygens (including phenoxy) is 2. The molecule has 0 atom stereocenters. The molecule has 0 spiro atoms. The summed E-state index contributed by atoms with van der Waals surface area (Å²) in [6.45, 7) is 3.91. The fourth-order valence-electron chi connectivity index (χ4n) is 2.96. The lowest BCUT2D eigenvalue weighted by Gasteiger charge is -2.22. The van der Waals surface area contributed by atoms with E-state index in [-0.39, 0.29) is 23.7 Å². The summed E-state index contributed by atoms with van der Waals surface area (Å²) in [5, 5.41) is 2.84. The maximum absolute atomic E-state index is 12.5. The third kappa shape index (κ3) is 4.25. The summed E-state index contributed by atoms with van der Waals surface area (Å²) in [7, 11) is 3.05. The van der Waals surface area contributed by atoms with Gasteiger partial charge in [0.15, 0.2) is 11.5 Å². The van der Waals surface area contributed by atoms with E-state index in [0.29, 0.717) is 49.2 Å². The van der Waals surface area contributed by atoms with Gasteiger partial charge in [-0.3, -0.25) is 23.6 Å². The van der Waals surface area contributed by atoms with Crippen molar-refractivity contribution in [2.24, 2.45) is 14.1 Å². The Morgan fingerprint density at radius 2 is 1.82 bits per heavy atom. The van der Waals surface area contributed by atoms with E-state index in [4.69, 9.17) is 9.47 Å². The number of hydrogen-bond acceptors (Lipinski definition) is 6. The lowest BCUT2D eigenvalue weighted by atomic mass is 10.2. The van der Waals surface area contributed by atoms with E-state index in [0.717, 1.165) is 4.57 Å². The van der Waals surface area contributed by atoms with Crippen LogP contribution in [0.3, 0.4) is 0 Å². The summed E-state index contributed by atoms with van der Waals surface area (Å²) < 4.78 is 13.5. The predicted octanol–water partition coefficient (Wildman–Crippen LogP) is 0.316. The van der Waals surface area contributed by atoms with Crippen LogP contribution in [-0.2, 0) is 25.4 Å². The first-order chi connectivity index (χ1) is 13.4. The lowest BCUT2D eigenvalue weighted by Crippen LogP contribution is -2.40. The third-order valence-corrected chi connectivity index (χ3v) is 4.65. The molecule has 9 nitrogen and oxygen atoms in total. The highest BCUT2D eigenvalue weighted by Crippen LogP contribution is 2.32. The molecule has 0 saturated heterocycles. The number of nitrogens with zero attached hydrogens (tertiary/aromatic N) is 3. The molecule has 1 aromatic heterocycles. The van der Waals surface area contributed by atoms with Crippen molar-refractivity contribution < 1.29 is 14.3 Å². The molecule has 1 amide bonds. The van der Waals surface area contributed by atoms with Gasteiger partial charge in [-0.05, 0) is 18.7 Å². The molecule has 1 aromatic carbocycles. The number of aromatic nitrogens is 2. The third-order valence-electron chi connectivity index (χ3n) is 4.65. The van der Waals surface area contributed by atoms with Crippen molar-refractivity contribution in [1.82, 2.24) is 14.0 Å². The van der Waals surface area contributed by atoms with Crippen LogP contribution in [0.4, 0.5) is 5.69 Å². The SMILES string of the molecule is CCN(CC(=O)Nc1ccc2c(c1)OCCO2)Cc1cc(=O)n(C)c(=O)n1C. The van der Waals surface area contributed by atoms with Gasteiger partial charge in [0.2, 0.25) is 5.91 Å². The zero-order chi connectivity index (χ0) is 20.3. The second-order valence-corrected chi connectivity index (χ2v) is 6.58. The molecule has 0 saturated carbocycles. The number of likely N-dealkylation sites (N-methyl/N-ethyl adjacent to an activating group) is 1. The van der Waals surface area contributed by atoms with Gasteiger partial charge in [-0.1, -0.05) is 6.92 Å². The van der Waals surface area contributed by atoms with Crippen molar-refractivity contribution in [2.45, 2.75) is 13.5 Å². The summed E-state index contributed by atoms with van der Waals surface area (Å²) in [6.07, 6.45) is 0. The van der Waals surface area contributed by atoms with Crippen LogP contribution in [0, 0.1) is 0 Å². The number of amides is 1. The average molecular weight is 388 g/mol. The first-order valence-electron chi connectivity index (χ1n) is 9.07. The van der Waals surface area contributed by atoms with E-state index < -0.39 is 0 Å². The number of carbonyl (C=O) groups excluding carboxylic acids is 1. The molecule has 3 rings (SSSR count). The number of nitrogens with one attached hydrogen (secondary N) is 1. The van der Waals surface area contributed by atoms with E-state index in [1.165, 1.54) is 17.7 Å². The Morgan fingerprint density at radius 1 is 1.11 bits per heavy atom. The highest BCUT2D eigenvalue weighted by molar-refractivity contribution is 5.92.